The number of pyridine rings is 1. The molecule has 1 aliphatic heterocycles. The maximum Gasteiger partial charge on any atom is 0.253 e. The van der Waals surface area contributed by atoms with E-state index in [2.05, 4.69) is 9.97 Å². The molecule has 4 rings (SSSR count). The molecule has 30 heavy (non-hydrogen) atoms. The van der Waals surface area contributed by atoms with Crippen LogP contribution in [0.25, 0.3) is 11.1 Å². The second-order valence-corrected chi connectivity index (χ2v) is 7.98. The van der Waals surface area contributed by atoms with Gasteiger partial charge < -0.3 is 9.80 Å². The number of hydrogen-bond donors (Lipinski definition) is 0. The van der Waals surface area contributed by atoms with Crippen molar-refractivity contribution in [1.29, 1.82) is 0 Å². The number of aryl methyl sites for hydroxylation is 1. The van der Waals surface area contributed by atoms with Crippen molar-refractivity contribution in [2.45, 2.75) is 25.7 Å². The summed E-state index contributed by atoms with van der Waals surface area (Å²) in [4.78, 5) is 30.5. The van der Waals surface area contributed by atoms with E-state index in [1.54, 1.807) is 12.4 Å². The second kappa shape index (κ2) is 8.61. The van der Waals surface area contributed by atoms with Gasteiger partial charge in [0.05, 0.1) is 5.69 Å². The molecule has 154 valence electrons. The number of anilines is 1. The quantitative estimate of drug-likeness (QED) is 0.663. The lowest BCUT2D eigenvalue weighted by atomic mass is 9.89. The Morgan fingerprint density at radius 3 is 2.53 bits per heavy atom. The predicted octanol–water partition coefficient (Wildman–Crippen LogP) is 3.93. The molecule has 0 bridgehead atoms. The zero-order valence-electron chi connectivity index (χ0n) is 17.7. The number of piperidine rings is 1. The Balaban J connectivity index is 1.59. The summed E-state index contributed by atoms with van der Waals surface area (Å²) in [5, 5.41) is 0. The van der Waals surface area contributed by atoms with E-state index in [4.69, 9.17) is 4.98 Å². The Bertz CT molecular complexity index is 1020. The normalized spacial score (nSPS) is 16.4. The molecule has 0 aliphatic carbocycles. The monoisotopic (exact) mass is 401 g/mol. The fraction of sp³-hybridized carbons (Fsp3) is 0.333. The van der Waals surface area contributed by atoms with Crippen molar-refractivity contribution in [3.63, 3.8) is 0 Å². The standard InChI is InChI=1S/C24H27N5O/c1-17-26-15-22(18-10-12-25-13-11-18)23(27-17)20-5-4-14-29(16-20)24(30)19-6-8-21(9-7-19)28(2)3/h6-13,15,20H,4-5,14,16H2,1-3H3/t20-/m1/s1. The molecule has 0 N–H and O–H groups in total. The molecule has 0 radical (unpaired) electrons. The average molecular weight is 402 g/mol. The molecule has 0 spiro atoms. The van der Waals surface area contributed by atoms with Gasteiger partial charge in [0.15, 0.2) is 0 Å². The van der Waals surface area contributed by atoms with Crippen LogP contribution in [0.5, 0.6) is 0 Å². The highest BCUT2D eigenvalue weighted by molar-refractivity contribution is 5.94. The second-order valence-electron chi connectivity index (χ2n) is 7.98. The molecule has 1 aromatic carbocycles. The SMILES string of the molecule is Cc1ncc(-c2ccncc2)c([C@@H]2CCCN(C(=O)c3ccc(N(C)C)cc3)C2)n1. The molecule has 6 nitrogen and oxygen atoms in total. The van der Waals surface area contributed by atoms with Crippen LogP contribution in [0.1, 0.15) is 40.6 Å². The van der Waals surface area contributed by atoms with Gasteiger partial charge in [-0.15, -0.1) is 0 Å². The van der Waals surface area contributed by atoms with Gasteiger partial charge in [-0.05, 0) is 61.7 Å². The lowest BCUT2D eigenvalue weighted by Gasteiger charge is -2.33. The summed E-state index contributed by atoms with van der Waals surface area (Å²) in [6, 6.07) is 11.8. The van der Waals surface area contributed by atoms with E-state index in [0.717, 1.165) is 53.3 Å². The summed E-state index contributed by atoms with van der Waals surface area (Å²) < 4.78 is 0. The topological polar surface area (TPSA) is 62.2 Å². The maximum absolute atomic E-state index is 13.2. The number of carbonyl (C=O) groups excluding carboxylic acids is 1. The molecule has 1 aliphatic rings. The van der Waals surface area contributed by atoms with Crippen molar-refractivity contribution in [3.8, 4) is 11.1 Å². The Labute approximate surface area is 177 Å². The summed E-state index contributed by atoms with van der Waals surface area (Å²) in [6.07, 6.45) is 7.44. The molecule has 0 saturated carbocycles. The van der Waals surface area contributed by atoms with Crippen molar-refractivity contribution in [2.24, 2.45) is 0 Å². The maximum atomic E-state index is 13.2. The first-order chi connectivity index (χ1) is 14.5. The molecule has 1 fully saturated rings. The minimum Gasteiger partial charge on any atom is -0.378 e. The van der Waals surface area contributed by atoms with Crippen molar-refractivity contribution >= 4 is 11.6 Å². The molecular weight excluding hydrogens is 374 g/mol. The van der Waals surface area contributed by atoms with Gasteiger partial charge in [-0.2, -0.15) is 0 Å². The van der Waals surface area contributed by atoms with E-state index in [1.165, 1.54) is 0 Å². The zero-order chi connectivity index (χ0) is 21.1. The third-order valence-electron chi connectivity index (χ3n) is 5.66. The van der Waals surface area contributed by atoms with E-state index in [1.807, 2.05) is 73.4 Å². The predicted molar refractivity (Wildman–Crippen MR) is 119 cm³/mol. The average Bonchev–Trinajstić information content (AvgIpc) is 2.79. The number of nitrogens with zero attached hydrogens (tertiary/aromatic N) is 5. The van der Waals surface area contributed by atoms with E-state index < -0.39 is 0 Å². The van der Waals surface area contributed by atoms with Gasteiger partial charge in [-0.3, -0.25) is 9.78 Å². The largest absolute Gasteiger partial charge is 0.378 e. The molecule has 0 unspecified atom stereocenters. The molecule has 1 amide bonds. The van der Waals surface area contributed by atoms with Gasteiger partial charge in [-0.25, -0.2) is 9.97 Å². The Kier molecular flexibility index (Phi) is 5.74. The van der Waals surface area contributed by atoms with E-state index in [0.29, 0.717) is 6.54 Å². The van der Waals surface area contributed by atoms with Crippen LogP contribution in [0.3, 0.4) is 0 Å². The van der Waals surface area contributed by atoms with Gasteiger partial charge in [0.25, 0.3) is 5.91 Å². The fourth-order valence-corrected chi connectivity index (χ4v) is 4.02. The Morgan fingerprint density at radius 1 is 1.10 bits per heavy atom. The first-order valence-corrected chi connectivity index (χ1v) is 10.3. The van der Waals surface area contributed by atoms with Crippen LogP contribution in [-0.4, -0.2) is 52.9 Å². The van der Waals surface area contributed by atoms with Gasteiger partial charge in [0.2, 0.25) is 0 Å². The van der Waals surface area contributed by atoms with Gasteiger partial charge >= 0.3 is 0 Å². The molecule has 2 aromatic heterocycles. The van der Waals surface area contributed by atoms with Crippen LogP contribution in [0.15, 0.2) is 55.0 Å². The summed E-state index contributed by atoms with van der Waals surface area (Å²) in [7, 11) is 3.99. The van der Waals surface area contributed by atoms with E-state index in [-0.39, 0.29) is 11.8 Å². The molecule has 3 aromatic rings. The first-order valence-electron chi connectivity index (χ1n) is 10.3. The van der Waals surface area contributed by atoms with Crippen molar-refractivity contribution in [3.05, 3.63) is 72.1 Å². The first kappa shape index (κ1) is 20.0. The minimum absolute atomic E-state index is 0.0845. The van der Waals surface area contributed by atoms with E-state index in [9.17, 15) is 4.79 Å². The van der Waals surface area contributed by atoms with Crippen LogP contribution in [-0.2, 0) is 0 Å². The molecule has 3 heterocycles. The highest BCUT2D eigenvalue weighted by Crippen LogP contribution is 2.33. The highest BCUT2D eigenvalue weighted by atomic mass is 16.2. The summed E-state index contributed by atoms with van der Waals surface area (Å²) in [5.41, 5.74) is 4.92. The molecule has 1 saturated heterocycles. The molecule has 6 heteroatoms. The van der Waals surface area contributed by atoms with Gasteiger partial charge in [0.1, 0.15) is 5.82 Å². The summed E-state index contributed by atoms with van der Waals surface area (Å²) in [6.45, 7) is 3.36. The van der Waals surface area contributed by atoms with E-state index >= 15 is 0 Å². The van der Waals surface area contributed by atoms with Crippen LogP contribution in [0.4, 0.5) is 5.69 Å². The number of carbonyl (C=O) groups is 1. The Hall–Kier alpha value is -3.28. The summed E-state index contributed by atoms with van der Waals surface area (Å²) >= 11 is 0. The number of rotatable bonds is 4. The number of aromatic nitrogens is 3. The van der Waals surface area contributed by atoms with Gasteiger partial charge in [0, 0.05) is 68.5 Å². The van der Waals surface area contributed by atoms with Crippen LogP contribution < -0.4 is 4.90 Å². The highest BCUT2D eigenvalue weighted by Gasteiger charge is 2.28. The van der Waals surface area contributed by atoms with Crippen molar-refractivity contribution in [1.82, 2.24) is 19.9 Å². The third-order valence-corrected chi connectivity index (χ3v) is 5.66. The molecular formula is C24H27N5O. The van der Waals surface area contributed by atoms with Crippen molar-refractivity contribution < 1.29 is 4.79 Å². The Morgan fingerprint density at radius 2 is 1.83 bits per heavy atom. The number of hydrogen-bond acceptors (Lipinski definition) is 5. The summed E-state index contributed by atoms with van der Waals surface area (Å²) in [5.74, 6) is 1.03. The number of likely N-dealkylation sites (tertiary alicyclic amines) is 1. The van der Waals surface area contributed by atoms with Crippen molar-refractivity contribution in [2.75, 3.05) is 32.1 Å². The fourth-order valence-electron chi connectivity index (χ4n) is 4.02. The lowest BCUT2D eigenvalue weighted by molar-refractivity contribution is 0.0706. The lowest BCUT2D eigenvalue weighted by Crippen LogP contribution is -2.39. The zero-order valence-corrected chi connectivity index (χ0v) is 17.7. The third kappa shape index (κ3) is 4.17. The minimum atomic E-state index is 0.0845. The van der Waals surface area contributed by atoms with Crippen LogP contribution >= 0.6 is 0 Å². The number of benzene rings is 1. The van der Waals surface area contributed by atoms with Gasteiger partial charge in [-0.1, -0.05) is 0 Å². The molecule has 1 atom stereocenters. The smallest absolute Gasteiger partial charge is 0.253 e. The van der Waals surface area contributed by atoms with Crippen LogP contribution in [0, 0.1) is 6.92 Å². The van der Waals surface area contributed by atoms with Crippen LogP contribution in [0.2, 0.25) is 0 Å². The number of amides is 1.